The third kappa shape index (κ3) is 3.26. The van der Waals surface area contributed by atoms with Crippen LogP contribution in [0.25, 0.3) is 0 Å². The largest absolute Gasteiger partial charge is 0.486 e. The van der Waals surface area contributed by atoms with Gasteiger partial charge in [0, 0.05) is 10.5 Å². The topological polar surface area (TPSA) is 9.23 Å². The lowest BCUT2D eigenvalue weighted by atomic mass is 10.2. The van der Waals surface area contributed by atoms with E-state index >= 15 is 0 Å². The van der Waals surface area contributed by atoms with Crippen molar-refractivity contribution in [3.8, 4) is 5.75 Å². The Labute approximate surface area is 110 Å². The van der Waals surface area contributed by atoms with Gasteiger partial charge in [-0.25, -0.2) is 13.2 Å². The molecule has 2 aromatic carbocycles. The molecule has 2 rings (SSSR count). The molecule has 2 aromatic rings. The smallest absolute Gasteiger partial charge is 0.165 e. The maximum absolute atomic E-state index is 13.3. The van der Waals surface area contributed by atoms with E-state index in [0.29, 0.717) is 10.0 Å². The second-order valence-electron chi connectivity index (χ2n) is 3.64. The lowest BCUT2D eigenvalue weighted by Crippen LogP contribution is -1.98. The highest BCUT2D eigenvalue weighted by atomic mass is 79.9. The number of hydrogen-bond donors (Lipinski definition) is 0. The van der Waals surface area contributed by atoms with E-state index in [1.54, 1.807) is 0 Å². The second kappa shape index (κ2) is 5.44. The number of rotatable bonds is 3. The van der Waals surface area contributed by atoms with Crippen molar-refractivity contribution in [2.24, 2.45) is 0 Å². The summed E-state index contributed by atoms with van der Waals surface area (Å²) in [5.41, 5.74) is 0.298. The summed E-state index contributed by atoms with van der Waals surface area (Å²) < 4.78 is 45.0. The molecule has 0 radical (unpaired) electrons. The highest BCUT2D eigenvalue weighted by molar-refractivity contribution is 9.10. The minimum atomic E-state index is -0.691. The average Bonchev–Trinajstić information content (AvgIpc) is 2.29. The first-order valence-corrected chi connectivity index (χ1v) is 5.87. The molecule has 0 atom stereocenters. The van der Waals surface area contributed by atoms with E-state index in [4.69, 9.17) is 4.74 Å². The minimum absolute atomic E-state index is 0.0223. The molecule has 0 aliphatic rings. The molecule has 1 nitrogen and oxygen atoms in total. The summed E-state index contributed by atoms with van der Waals surface area (Å²) in [7, 11) is 0. The van der Waals surface area contributed by atoms with Gasteiger partial charge in [-0.2, -0.15) is 0 Å². The molecule has 0 saturated heterocycles. The van der Waals surface area contributed by atoms with Crippen LogP contribution in [0.2, 0.25) is 0 Å². The molecule has 0 aliphatic carbocycles. The van der Waals surface area contributed by atoms with Crippen molar-refractivity contribution in [1.29, 1.82) is 0 Å². The molecule has 0 amide bonds. The Balaban J connectivity index is 2.13. The maximum Gasteiger partial charge on any atom is 0.165 e. The molecule has 0 saturated carbocycles. The molecule has 5 heteroatoms. The van der Waals surface area contributed by atoms with Crippen molar-refractivity contribution < 1.29 is 17.9 Å². The van der Waals surface area contributed by atoms with E-state index in [9.17, 15) is 13.2 Å². The third-order valence-electron chi connectivity index (χ3n) is 2.21. The SMILES string of the molecule is Fc1cc(F)cc(COc2cc(Br)ccc2F)c1. The van der Waals surface area contributed by atoms with E-state index in [1.807, 2.05) is 0 Å². The Hall–Kier alpha value is -1.49. The lowest BCUT2D eigenvalue weighted by molar-refractivity contribution is 0.289. The zero-order chi connectivity index (χ0) is 13.1. The summed E-state index contributed by atoms with van der Waals surface area (Å²) >= 11 is 3.18. The van der Waals surface area contributed by atoms with Crippen molar-refractivity contribution in [2.75, 3.05) is 0 Å². The van der Waals surface area contributed by atoms with Gasteiger partial charge < -0.3 is 4.74 Å². The van der Waals surface area contributed by atoms with Crippen molar-refractivity contribution in [3.63, 3.8) is 0 Å². The fraction of sp³-hybridized carbons (Fsp3) is 0.0769. The number of halogens is 4. The molecule has 0 fully saturated rings. The zero-order valence-corrected chi connectivity index (χ0v) is 10.7. The van der Waals surface area contributed by atoms with Gasteiger partial charge in [0.2, 0.25) is 0 Å². The van der Waals surface area contributed by atoms with Crippen LogP contribution in [0.5, 0.6) is 5.75 Å². The van der Waals surface area contributed by atoms with Crippen molar-refractivity contribution >= 4 is 15.9 Å². The van der Waals surface area contributed by atoms with Crippen LogP contribution < -0.4 is 4.74 Å². The molecule has 18 heavy (non-hydrogen) atoms. The summed E-state index contributed by atoms with van der Waals surface area (Å²) in [6.07, 6.45) is 0. The molecular formula is C13H8BrF3O. The number of ether oxygens (including phenoxy) is 1. The lowest BCUT2D eigenvalue weighted by Gasteiger charge is -2.08. The highest BCUT2D eigenvalue weighted by Gasteiger charge is 2.06. The molecule has 0 bridgehead atoms. The third-order valence-corrected chi connectivity index (χ3v) is 2.70. The Morgan fingerprint density at radius 2 is 1.61 bits per heavy atom. The Morgan fingerprint density at radius 3 is 2.28 bits per heavy atom. The highest BCUT2D eigenvalue weighted by Crippen LogP contribution is 2.23. The fourth-order valence-corrected chi connectivity index (χ4v) is 1.78. The van der Waals surface area contributed by atoms with Crippen LogP contribution in [0.4, 0.5) is 13.2 Å². The summed E-state index contributed by atoms with van der Waals surface area (Å²) in [5, 5.41) is 0. The van der Waals surface area contributed by atoms with Crippen molar-refractivity contribution in [3.05, 3.63) is 63.9 Å². The normalized spacial score (nSPS) is 10.4. The Kier molecular flexibility index (Phi) is 3.91. The zero-order valence-electron chi connectivity index (χ0n) is 9.09. The van der Waals surface area contributed by atoms with Gasteiger partial charge in [0.15, 0.2) is 11.6 Å². The molecule has 94 valence electrons. The van der Waals surface area contributed by atoms with Crippen LogP contribution >= 0.6 is 15.9 Å². The summed E-state index contributed by atoms with van der Waals surface area (Å²) in [6, 6.07) is 7.27. The molecular weight excluding hydrogens is 309 g/mol. The number of benzene rings is 2. The van der Waals surface area contributed by atoms with E-state index < -0.39 is 17.5 Å². The monoisotopic (exact) mass is 316 g/mol. The summed E-state index contributed by atoms with van der Waals surface area (Å²) in [4.78, 5) is 0. The average molecular weight is 317 g/mol. The van der Waals surface area contributed by atoms with Gasteiger partial charge in [-0.15, -0.1) is 0 Å². The van der Waals surface area contributed by atoms with Gasteiger partial charge in [0.05, 0.1) is 0 Å². The van der Waals surface area contributed by atoms with Gasteiger partial charge >= 0.3 is 0 Å². The van der Waals surface area contributed by atoms with Crippen LogP contribution in [-0.2, 0) is 6.61 Å². The van der Waals surface area contributed by atoms with Crippen molar-refractivity contribution in [2.45, 2.75) is 6.61 Å². The Morgan fingerprint density at radius 1 is 0.944 bits per heavy atom. The molecule has 0 N–H and O–H groups in total. The van der Waals surface area contributed by atoms with Crippen LogP contribution in [-0.4, -0.2) is 0 Å². The van der Waals surface area contributed by atoms with E-state index in [1.165, 1.54) is 18.2 Å². The molecule has 0 heterocycles. The van der Waals surface area contributed by atoms with Crippen LogP contribution in [0.1, 0.15) is 5.56 Å². The van der Waals surface area contributed by atoms with Crippen LogP contribution in [0.3, 0.4) is 0 Å². The molecule has 0 aromatic heterocycles. The molecule has 0 spiro atoms. The van der Waals surface area contributed by atoms with Gasteiger partial charge in [-0.05, 0) is 35.9 Å². The summed E-state index contributed by atoms with van der Waals surface area (Å²) in [6.45, 7) is -0.109. The molecule has 0 aliphatic heterocycles. The van der Waals surface area contributed by atoms with E-state index in [-0.39, 0.29) is 12.4 Å². The van der Waals surface area contributed by atoms with Gasteiger partial charge in [-0.1, -0.05) is 15.9 Å². The fourth-order valence-electron chi connectivity index (χ4n) is 1.44. The molecule has 0 unspecified atom stereocenters. The Bertz CT molecular complexity index is 552. The second-order valence-corrected chi connectivity index (χ2v) is 4.56. The first-order valence-electron chi connectivity index (χ1n) is 5.07. The van der Waals surface area contributed by atoms with Gasteiger partial charge in [0.1, 0.15) is 18.2 Å². The van der Waals surface area contributed by atoms with E-state index in [2.05, 4.69) is 15.9 Å². The predicted molar refractivity (Wildman–Crippen MR) is 64.8 cm³/mol. The van der Waals surface area contributed by atoms with Gasteiger partial charge in [0.25, 0.3) is 0 Å². The standard InChI is InChI=1S/C13H8BrF3O/c14-9-1-2-12(17)13(5-9)18-7-8-3-10(15)6-11(16)4-8/h1-6H,7H2. The van der Waals surface area contributed by atoms with Gasteiger partial charge in [-0.3, -0.25) is 0 Å². The first-order chi connectivity index (χ1) is 8.54. The number of hydrogen-bond acceptors (Lipinski definition) is 1. The van der Waals surface area contributed by atoms with E-state index in [0.717, 1.165) is 18.2 Å². The van der Waals surface area contributed by atoms with Crippen molar-refractivity contribution in [1.82, 2.24) is 0 Å². The summed E-state index contributed by atoms with van der Waals surface area (Å²) in [5.74, 6) is -1.89. The minimum Gasteiger partial charge on any atom is -0.486 e. The predicted octanol–water partition coefficient (Wildman–Crippen LogP) is 4.45. The van der Waals surface area contributed by atoms with Crippen LogP contribution in [0.15, 0.2) is 40.9 Å². The maximum atomic E-state index is 13.3. The van der Waals surface area contributed by atoms with Crippen LogP contribution in [0, 0.1) is 17.5 Å². The first kappa shape index (κ1) is 13.0. The quantitative estimate of drug-likeness (QED) is 0.813.